The molecule has 2 heteroatoms. The van der Waals surface area contributed by atoms with Gasteiger partial charge >= 0.3 is 0 Å². The zero-order valence-corrected chi connectivity index (χ0v) is 12.2. The van der Waals surface area contributed by atoms with Crippen LogP contribution in [-0.4, -0.2) is 23.9 Å². The van der Waals surface area contributed by atoms with Crippen LogP contribution in [0.4, 0.5) is 0 Å². The topological polar surface area (TPSA) is 20.3 Å². The van der Waals surface area contributed by atoms with Gasteiger partial charge in [-0.15, -0.1) is 6.58 Å². The van der Waals surface area contributed by atoms with Crippen LogP contribution in [0.1, 0.15) is 45.4 Å². The van der Waals surface area contributed by atoms with Gasteiger partial charge < -0.3 is 4.90 Å². The summed E-state index contributed by atoms with van der Waals surface area (Å²) >= 11 is 0. The zero-order valence-electron chi connectivity index (χ0n) is 12.2. The molecule has 2 nitrogen and oxygen atoms in total. The molecule has 0 saturated heterocycles. The van der Waals surface area contributed by atoms with Crippen molar-refractivity contribution in [1.29, 1.82) is 0 Å². The molecule has 2 atom stereocenters. The fourth-order valence-corrected chi connectivity index (χ4v) is 2.76. The van der Waals surface area contributed by atoms with Crippen LogP contribution >= 0.6 is 0 Å². The van der Waals surface area contributed by atoms with E-state index in [4.69, 9.17) is 0 Å². The number of nitrogens with zero attached hydrogens (tertiary/aromatic N) is 1. The highest BCUT2D eigenvalue weighted by Gasteiger charge is 2.40. The Labute approximate surface area is 117 Å². The lowest BCUT2D eigenvalue weighted by Gasteiger charge is -2.21. The molecule has 2 aliphatic rings. The maximum atomic E-state index is 12.1. The Kier molecular flexibility index (Phi) is 5.24. The van der Waals surface area contributed by atoms with Gasteiger partial charge in [0.2, 0.25) is 5.91 Å². The third-order valence-electron chi connectivity index (χ3n) is 4.22. The summed E-state index contributed by atoms with van der Waals surface area (Å²) < 4.78 is 0. The van der Waals surface area contributed by atoms with Gasteiger partial charge in [-0.2, -0.15) is 0 Å². The molecular weight excluding hydrogens is 234 g/mol. The van der Waals surface area contributed by atoms with E-state index in [0.717, 1.165) is 44.2 Å². The normalized spacial score (nSPS) is 25.5. The molecule has 0 N–H and O–H groups in total. The molecule has 2 rings (SSSR count). The van der Waals surface area contributed by atoms with Crippen molar-refractivity contribution >= 4 is 5.91 Å². The second-order valence-electron chi connectivity index (χ2n) is 6.02. The summed E-state index contributed by atoms with van der Waals surface area (Å²) in [6.07, 6.45) is 13.5. The van der Waals surface area contributed by atoms with Gasteiger partial charge in [0.15, 0.2) is 0 Å². The largest absolute Gasteiger partial charge is 0.338 e. The maximum absolute atomic E-state index is 12.1. The molecule has 0 heterocycles. The minimum Gasteiger partial charge on any atom is -0.338 e. The first kappa shape index (κ1) is 14.4. The number of hydrogen-bond donors (Lipinski definition) is 0. The summed E-state index contributed by atoms with van der Waals surface area (Å²) in [5, 5.41) is 0. The van der Waals surface area contributed by atoms with Crippen LogP contribution in [0.3, 0.4) is 0 Å². The summed E-state index contributed by atoms with van der Waals surface area (Å²) in [4.78, 5) is 14.2. The SMILES string of the molecule is C=CCN(CC1CC1CC/C=C\CC)C(=O)C1CC1. The smallest absolute Gasteiger partial charge is 0.225 e. The predicted octanol–water partition coefficient (Wildman–Crippen LogP) is 3.79. The summed E-state index contributed by atoms with van der Waals surface area (Å²) in [5.74, 6) is 2.31. The molecule has 0 aliphatic heterocycles. The highest BCUT2D eigenvalue weighted by molar-refractivity contribution is 5.81. The van der Waals surface area contributed by atoms with Gasteiger partial charge in [-0.3, -0.25) is 4.79 Å². The van der Waals surface area contributed by atoms with Crippen LogP contribution in [0.25, 0.3) is 0 Å². The number of carbonyl (C=O) groups is 1. The van der Waals surface area contributed by atoms with Crippen molar-refractivity contribution in [3.05, 3.63) is 24.8 Å². The van der Waals surface area contributed by atoms with Crippen molar-refractivity contribution in [2.75, 3.05) is 13.1 Å². The first-order valence-electron chi connectivity index (χ1n) is 7.81. The molecule has 0 spiro atoms. The van der Waals surface area contributed by atoms with Gasteiger partial charge in [-0.25, -0.2) is 0 Å². The van der Waals surface area contributed by atoms with Gasteiger partial charge in [0, 0.05) is 19.0 Å². The van der Waals surface area contributed by atoms with E-state index >= 15 is 0 Å². The molecule has 2 unspecified atom stereocenters. The first-order valence-corrected chi connectivity index (χ1v) is 7.81. The summed E-state index contributed by atoms with van der Waals surface area (Å²) in [6.45, 7) is 7.64. The molecule has 2 aliphatic carbocycles. The van der Waals surface area contributed by atoms with Gasteiger partial charge in [0.1, 0.15) is 0 Å². The zero-order chi connectivity index (χ0) is 13.7. The van der Waals surface area contributed by atoms with Crippen molar-refractivity contribution in [1.82, 2.24) is 4.90 Å². The Morgan fingerprint density at radius 2 is 2.11 bits per heavy atom. The minimum absolute atomic E-state index is 0.338. The number of rotatable bonds is 9. The third-order valence-corrected chi connectivity index (χ3v) is 4.22. The second kappa shape index (κ2) is 6.93. The summed E-state index contributed by atoms with van der Waals surface area (Å²) in [5.41, 5.74) is 0. The van der Waals surface area contributed by atoms with Crippen LogP contribution in [0.5, 0.6) is 0 Å². The molecule has 0 bridgehead atoms. The molecule has 1 amide bonds. The minimum atomic E-state index is 0.338. The van der Waals surface area contributed by atoms with E-state index in [2.05, 4.69) is 25.7 Å². The predicted molar refractivity (Wildman–Crippen MR) is 79.8 cm³/mol. The van der Waals surface area contributed by atoms with Crippen LogP contribution in [-0.2, 0) is 4.79 Å². The van der Waals surface area contributed by atoms with E-state index in [-0.39, 0.29) is 0 Å². The van der Waals surface area contributed by atoms with Crippen LogP contribution in [0, 0.1) is 17.8 Å². The molecule has 0 aromatic heterocycles. The standard InChI is InChI=1S/C17H27NO/c1-3-5-6-7-8-15-12-16(15)13-18(11-4-2)17(19)14-9-10-14/h4-6,14-16H,2-3,7-13H2,1H3/b6-5-. The highest BCUT2D eigenvalue weighted by atomic mass is 16.2. The van der Waals surface area contributed by atoms with Crippen LogP contribution in [0.15, 0.2) is 24.8 Å². The van der Waals surface area contributed by atoms with E-state index in [1.807, 2.05) is 11.0 Å². The fourth-order valence-electron chi connectivity index (χ4n) is 2.76. The Morgan fingerprint density at radius 1 is 1.32 bits per heavy atom. The molecule has 0 aromatic rings. The van der Waals surface area contributed by atoms with E-state index in [1.165, 1.54) is 19.3 Å². The van der Waals surface area contributed by atoms with Crippen LogP contribution < -0.4 is 0 Å². The monoisotopic (exact) mass is 261 g/mol. The number of amides is 1. The second-order valence-corrected chi connectivity index (χ2v) is 6.02. The van der Waals surface area contributed by atoms with Gasteiger partial charge in [-0.1, -0.05) is 25.2 Å². The summed E-state index contributed by atoms with van der Waals surface area (Å²) in [6, 6.07) is 0. The van der Waals surface area contributed by atoms with E-state index in [9.17, 15) is 4.79 Å². The highest BCUT2D eigenvalue weighted by Crippen LogP contribution is 2.43. The van der Waals surface area contributed by atoms with E-state index < -0.39 is 0 Å². The maximum Gasteiger partial charge on any atom is 0.225 e. The lowest BCUT2D eigenvalue weighted by molar-refractivity contribution is -0.132. The van der Waals surface area contributed by atoms with Crippen molar-refractivity contribution in [3.8, 4) is 0 Å². The molecular formula is C17H27NO. The van der Waals surface area contributed by atoms with Gasteiger partial charge in [-0.05, 0) is 50.4 Å². The van der Waals surface area contributed by atoms with Gasteiger partial charge in [0.25, 0.3) is 0 Å². The molecule has 19 heavy (non-hydrogen) atoms. The molecule has 2 fully saturated rings. The summed E-state index contributed by atoms with van der Waals surface area (Å²) in [7, 11) is 0. The number of hydrogen-bond acceptors (Lipinski definition) is 1. The van der Waals surface area contributed by atoms with Gasteiger partial charge in [0.05, 0.1) is 0 Å². The molecule has 0 aromatic carbocycles. The van der Waals surface area contributed by atoms with Crippen molar-refractivity contribution < 1.29 is 4.79 Å². The lowest BCUT2D eigenvalue weighted by atomic mass is 10.1. The lowest BCUT2D eigenvalue weighted by Crippen LogP contribution is -2.34. The Morgan fingerprint density at radius 3 is 2.74 bits per heavy atom. The van der Waals surface area contributed by atoms with Crippen molar-refractivity contribution in [2.24, 2.45) is 17.8 Å². The Hall–Kier alpha value is -1.05. The Bertz CT molecular complexity index is 343. The van der Waals surface area contributed by atoms with E-state index in [0.29, 0.717) is 11.8 Å². The van der Waals surface area contributed by atoms with Crippen molar-refractivity contribution in [2.45, 2.75) is 45.4 Å². The van der Waals surface area contributed by atoms with Crippen molar-refractivity contribution in [3.63, 3.8) is 0 Å². The molecule has 106 valence electrons. The number of allylic oxidation sites excluding steroid dienone is 2. The van der Waals surface area contributed by atoms with Crippen LogP contribution in [0.2, 0.25) is 0 Å². The average molecular weight is 261 g/mol. The Balaban J connectivity index is 1.69. The molecule has 0 radical (unpaired) electrons. The first-order chi connectivity index (χ1) is 9.26. The average Bonchev–Trinajstić information content (AvgIpc) is 3.28. The number of carbonyl (C=O) groups excluding carboxylic acids is 1. The fraction of sp³-hybridized carbons (Fsp3) is 0.706. The third kappa shape index (κ3) is 4.52. The quantitative estimate of drug-likeness (QED) is 0.578. The van der Waals surface area contributed by atoms with E-state index in [1.54, 1.807) is 0 Å². The molecule has 2 saturated carbocycles.